The van der Waals surface area contributed by atoms with E-state index >= 15 is 0 Å². The topological polar surface area (TPSA) is 59.0 Å². The summed E-state index contributed by atoms with van der Waals surface area (Å²) in [6, 6.07) is 9.71. The van der Waals surface area contributed by atoms with Crippen molar-refractivity contribution < 1.29 is 4.79 Å². The van der Waals surface area contributed by atoms with Crippen LogP contribution in [-0.2, 0) is 0 Å². The molecule has 0 aliphatic heterocycles. The molecule has 2 aromatic rings. The van der Waals surface area contributed by atoms with Gasteiger partial charge >= 0.3 is 6.03 Å². The minimum absolute atomic E-state index is 0.178. The lowest BCUT2D eigenvalue weighted by atomic mass is 10.3. The lowest BCUT2D eigenvalue weighted by molar-refractivity contribution is 0.252. The molecule has 0 radical (unpaired) electrons. The summed E-state index contributed by atoms with van der Waals surface area (Å²) in [5.41, 5.74) is 3.48. The highest BCUT2D eigenvalue weighted by molar-refractivity contribution is 5.90. The van der Waals surface area contributed by atoms with E-state index in [1.165, 1.54) is 0 Å². The first-order chi connectivity index (χ1) is 10.1. The molecule has 112 valence electrons. The van der Waals surface area contributed by atoms with Crippen molar-refractivity contribution in [1.29, 1.82) is 0 Å². The average Bonchev–Trinajstić information content (AvgIpc) is 2.76. The van der Waals surface area contributed by atoms with Gasteiger partial charge in [-0.2, -0.15) is 5.10 Å². The van der Waals surface area contributed by atoms with Gasteiger partial charge in [0.1, 0.15) is 0 Å². The number of aryl methyl sites for hydroxylation is 1. The summed E-state index contributed by atoms with van der Waals surface area (Å²) in [7, 11) is 0. The zero-order valence-electron chi connectivity index (χ0n) is 12.8. The zero-order chi connectivity index (χ0) is 15.2. The van der Waals surface area contributed by atoms with E-state index in [0.717, 1.165) is 35.6 Å². The maximum atomic E-state index is 11.9. The van der Waals surface area contributed by atoms with Crippen molar-refractivity contribution in [2.45, 2.75) is 33.6 Å². The van der Waals surface area contributed by atoms with Gasteiger partial charge in [-0.05, 0) is 32.4 Å². The van der Waals surface area contributed by atoms with Gasteiger partial charge in [-0.1, -0.05) is 31.5 Å². The van der Waals surface area contributed by atoms with E-state index < -0.39 is 0 Å². The minimum Gasteiger partial charge on any atom is -0.338 e. The van der Waals surface area contributed by atoms with Gasteiger partial charge < -0.3 is 10.6 Å². The van der Waals surface area contributed by atoms with Crippen LogP contribution in [0.15, 0.2) is 30.3 Å². The molecule has 0 spiro atoms. The number of carbonyl (C=O) groups is 1. The van der Waals surface area contributed by atoms with Gasteiger partial charge in [0.15, 0.2) is 0 Å². The summed E-state index contributed by atoms with van der Waals surface area (Å²) in [4.78, 5) is 11.9. The Morgan fingerprint density at radius 1 is 1.24 bits per heavy atom. The lowest BCUT2D eigenvalue weighted by Gasteiger charge is -2.08. The standard InChI is InChI=1S/C16H22N4O/c1-4-5-11-17-16(21)18-15-12(2)19-20(13(15)3)14-9-7-6-8-10-14/h6-10H,4-5,11H2,1-3H3,(H2,17,18,21). The smallest absolute Gasteiger partial charge is 0.319 e. The number of nitrogens with one attached hydrogen (secondary N) is 2. The normalized spacial score (nSPS) is 10.4. The molecule has 2 amide bonds. The molecular weight excluding hydrogens is 264 g/mol. The van der Waals surface area contributed by atoms with Crippen LogP contribution in [0.2, 0.25) is 0 Å². The number of para-hydroxylation sites is 1. The number of urea groups is 1. The molecule has 5 nitrogen and oxygen atoms in total. The van der Waals surface area contributed by atoms with Gasteiger partial charge in [0.05, 0.1) is 22.8 Å². The van der Waals surface area contributed by atoms with Crippen LogP contribution in [0.4, 0.5) is 10.5 Å². The summed E-state index contributed by atoms with van der Waals surface area (Å²) in [5, 5.41) is 10.2. The highest BCUT2D eigenvalue weighted by Gasteiger charge is 2.14. The highest BCUT2D eigenvalue weighted by atomic mass is 16.2. The fourth-order valence-electron chi connectivity index (χ4n) is 2.18. The summed E-state index contributed by atoms with van der Waals surface area (Å²) in [5.74, 6) is 0. The van der Waals surface area contributed by atoms with Crippen LogP contribution in [0.25, 0.3) is 5.69 Å². The lowest BCUT2D eigenvalue weighted by Crippen LogP contribution is -2.29. The van der Waals surface area contributed by atoms with Crippen LogP contribution in [0.5, 0.6) is 0 Å². The Morgan fingerprint density at radius 2 is 1.95 bits per heavy atom. The first kappa shape index (κ1) is 15.1. The van der Waals surface area contributed by atoms with Crippen LogP contribution in [-0.4, -0.2) is 22.4 Å². The molecule has 0 atom stereocenters. The largest absolute Gasteiger partial charge is 0.338 e. The Morgan fingerprint density at radius 3 is 2.62 bits per heavy atom. The minimum atomic E-state index is -0.178. The SMILES string of the molecule is CCCCNC(=O)Nc1c(C)nn(-c2ccccc2)c1C. The average molecular weight is 286 g/mol. The van der Waals surface area contributed by atoms with Gasteiger partial charge in [0.2, 0.25) is 0 Å². The van der Waals surface area contributed by atoms with Crippen molar-refractivity contribution in [1.82, 2.24) is 15.1 Å². The van der Waals surface area contributed by atoms with Gasteiger partial charge in [-0.25, -0.2) is 9.48 Å². The quantitative estimate of drug-likeness (QED) is 0.827. The summed E-state index contributed by atoms with van der Waals surface area (Å²) in [6.07, 6.45) is 2.04. The van der Waals surface area contributed by atoms with Gasteiger partial charge in [-0.15, -0.1) is 0 Å². The van der Waals surface area contributed by atoms with Crippen molar-refractivity contribution in [2.24, 2.45) is 0 Å². The number of hydrogen-bond acceptors (Lipinski definition) is 2. The predicted octanol–water partition coefficient (Wildman–Crippen LogP) is 3.41. The monoisotopic (exact) mass is 286 g/mol. The van der Waals surface area contributed by atoms with Crippen LogP contribution in [0, 0.1) is 13.8 Å². The molecule has 0 unspecified atom stereocenters. The molecule has 2 N–H and O–H groups in total. The molecule has 1 aromatic carbocycles. The Labute approximate surface area is 125 Å². The molecule has 0 aliphatic carbocycles. The summed E-state index contributed by atoms with van der Waals surface area (Å²) < 4.78 is 1.84. The van der Waals surface area contributed by atoms with E-state index in [1.54, 1.807) is 0 Å². The number of rotatable bonds is 5. The van der Waals surface area contributed by atoms with E-state index in [9.17, 15) is 4.79 Å². The molecule has 0 saturated heterocycles. The predicted molar refractivity (Wildman–Crippen MR) is 85.0 cm³/mol. The van der Waals surface area contributed by atoms with Crippen LogP contribution >= 0.6 is 0 Å². The number of hydrogen-bond donors (Lipinski definition) is 2. The van der Waals surface area contributed by atoms with E-state index in [4.69, 9.17) is 0 Å². The van der Waals surface area contributed by atoms with Crippen LogP contribution in [0.3, 0.4) is 0 Å². The fraction of sp³-hybridized carbons (Fsp3) is 0.375. The Hall–Kier alpha value is -2.30. The summed E-state index contributed by atoms with van der Waals surface area (Å²) >= 11 is 0. The van der Waals surface area contributed by atoms with E-state index in [0.29, 0.717) is 6.54 Å². The van der Waals surface area contributed by atoms with Crippen LogP contribution < -0.4 is 10.6 Å². The number of benzene rings is 1. The third kappa shape index (κ3) is 3.62. The molecule has 0 fully saturated rings. The number of amides is 2. The molecule has 21 heavy (non-hydrogen) atoms. The molecule has 1 heterocycles. The maximum absolute atomic E-state index is 11.9. The Balaban J connectivity index is 2.15. The van der Waals surface area contributed by atoms with E-state index in [2.05, 4.69) is 22.7 Å². The molecule has 2 rings (SSSR count). The third-order valence-corrected chi connectivity index (χ3v) is 3.35. The number of nitrogens with zero attached hydrogens (tertiary/aromatic N) is 2. The second-order valence-electron chi connectivity index (χ2n) is 5.03. The van der Waals surface area contributed by atoms with Crippen molar-refractivity contribution >= 4 is 11.7 Å². The molecule has 5 heteroatoms. The van der Waals surface area contributed by atoms with Crippen molar-refractivity contribution in [3.8, 4) is 5.69 Å². The maximum Gasteiger partial charge on any atom is 0.319 e. The number of aromatic nitrogens is 2. The summed E-state index contributed by atoms with van der Waals surface area (Å²) in [6.45, 7) is 6.63. The van der Waals surface area contributed by atoms with Gasteiger partial charge in [0.25, 0.3) is 0 Å². The fourth-order valence-corrected chi connectivity index (χ4v) is 2.18. The van der Waals surface area contributed by atoms with Gasteiger partial charge in [-0.3, -0.25) is 0 Å². The molecule has 0 aliphatic rings. The zero-order valence-corrected chi connectivity index (χ0v) is 12.8. The van der Waals surface area contributed by atoms with Crippen LogP contribution in [0.1, 0.15) is 31.2 Å². The second-order valence-corrected chi connectivity index (χ2v) is 5.03. The first-order valence-corrected chi connectivity index (χ1v) is 7.30. The number of carbonyl (C=O) groups excluding carboxylic acids is 1. The number of unbranched alkanes of at least 4 members (excludes halogenated alkanes) is 1. The van der Waals surface area contributed by atoms with Gasteiger partial charge in [0, 0.05) is 6.54 Å². The van der Waals surface area contributed by atoms with Crippen molar-refractivity contribution in [3.63, 3.8) is 0 Å². The van der Waals surface area contributed by atoms with E-state index in [1.807, 2.05) is 48.9 Å². The number of anilines is 1. The highest BCUT2D eigenvalue weighted by Crippen LogP contribution is 2.22. The molecule has 0 saturated carbocycles. The molecular formula is C16H22N4O. The second kappa shape index (κ2) is 6.92. The Bertz CT molecular complexity index is 604. The first-order valence-electron chi connectivity index (χ1n) is 7.30. The molecule has 0 bridgehead atoms. The van der Waals surface area contributed by atoms with E-state index in [-0.39, 0.29) is 6.03 Å². The third-order valence-electron chi connectivity index (χ3n) is 3.35. The van der Waals surface area contributed by atoms with Crippen molar-refractivity contribution in [2.75, 3.05) is 11.9 Å². The van der Waals surface area contributed by atoms with Crippen molar-refractivity contribution in [3.05, 3.63) is 41.7 Å². The molecule has 1 aromatic heterocycles. The Kier molecular flexibility index (Phi) is 4.98.